The number of aromatic amines is 2. The number of aryl methyl sites for hydroxylation is 1. The van der Waals surface area contributed by atoms with Crippen molar-refractivity contribution < 1.29 is 9.53 Å². The van der Waals surface area contributed by atoms with Crippen molar-refractivity contribution in [2.45, 2.75) is 6.92 Å². The van der Waals surface area contributed by atoms with E-state index in [1.54, 1.807) is 0 Å². The summed E-state index contributed by atoms with van der Waals surface area (Å²) in [7, 11) is 1.37. The van der Waals surface area contributed by atoms with Gasteiger partial charge in [-0.1, -0.05) is 0 Å². The van der Waals surface area contributed by atoms with Gasteiger partial charge in [-0.2, -0.15) is 0 Å². The lowest BCUT2D eigenvalue weighted by atomic mass is 10.2. The highest BCUT2D eigenvalue weighted by atomic mass is 16.5. The molecular weight excluding hydrogens is 192 g/mol. The van der Waals surface area contributed by atoms with Crippen LogP contribution < -0.4 is 0 Å². The standard InChI is InChI=1S/C11H12N2O2/c1-7-6-9(8-4-3-5-12-8)13-10(7)11(14)15-2/h3-6,12-13H,1-2H3. The minimum atomic E-state index is -0.342. The minimum Gasteiger partial charge on any atom is -0.464 e. The number of nitrogens with one attached hydrogen (secondary N) is 2. The Morgan fingerprint density at radius 2 is 2.20 bits per heavy atom. The van der Waals surface area contributed by atoms with E-state index in [2.05, 4.69) is 14.7 Å². The third-order valence-electron chi connectivity index (χ3n) is 2.29. The van der Waals surface area contributed by atoms with E-state index in [1.807, 2.05) is 31.3 Å². The number of esters is 1. The van der Waals surface area contributed by atoms with Gasteiger partial charge in [-0.25, -0.2) is 4.79 Å². The molecule has 0 aliphatic carbocycles. The number of ether oxygens (including phenoxy) is 1. The average molecular weight is 204 g/mol. The molecule has 4 heteroatoms. The van der Waals surface area contributed by atoms with Crippen molar-refractivity contribution in [3.63, 3.8) is 0 Å². The van der Waals surface area contributed by atoms with Gasteiger partial charge in [0.05, 0.1) is 18.5 Å². The second-order valence-corrected chi connectivity index (χ2v) is 3.32. The Bertz CT molecular complexity index is 469. The zero-order valence-corrected chi connectivity index (χ0v) is 8.63. The van der Waals surface area contributed by atoms with E-state index >= 15 is 0 Å². The lowest BCUT2D eigenvalue weighted by molar-refractivity contribution is 0.0594. The van der Waals surface area contributed by atoms with Gasteiger partial charge in [0.1, 0.15) is 5.69 Å². The van der Waals surface area contributed by atoms with E-state index in [9.17, 15) is 4.79 Å². The van der Waals surface area contributed by atoms with Crippen LogP contribution in [-0.4, -0.2) is 23.0 Å². The fourth-order valence-corrected chi connectivity index (χ4v) is 1.52. The highest BCUT2D eigenvalue weighted by molar-refractivity contribution is 5.90. The van der Waals surface area contributed by atoms with Gasteiger partial charge in [0.25, 0.3) is 0 Å². The van der Waals surface area contributed by atoms with E-state index in [0.29, 0.717) is 5.69 Å². The molecule has 2 rings (SSSR count). The number of hydrogen-bond donors (Lipinski definition) is 2. The maximum atomic E-state index is 11.4. The van der Waals surface area contributed by atoms with Crippen molar-refractivity contribution in [3.05, 3.63) is 35.7 Å². The maximum absolute atomic E-state index is 11.4. The third kappa shape index (κ3) is 1.66. The molecule has 4 nitrogen and oxygen atoms in total. The van der Waals surface area contributed by atoms with Crippen LogP contribution in [0, 0.1) is 6.92 Å². The Kier molecular flexibility index (Phi) is 2.33. The minimum absolute atomic E-state index is 0.342. The number of hydrogen-bond acceptors (Lipinski definition) is 2. The topological polar surface area (TPSA) is 57.9 Å². The predicted octanol–water partition coefficient (Wildman–Crippen LogP) is 2.10. The van der Waals surface area contributed by atoms with Gasteiger partial charge in [0, 0.05) is 6.20 Å². The van der Waals surface area contributed by atoms with Crippen LogP contribution in [0.15, 0.2) is 24.4 Å². The molecule has 0 fully saturated rings. The van der Waals surface area contributed by atoms with Crippen LogP contribution in [0.2, 0.25) is 0 Å². The molecule has 0 bridgehead atoms. The molecule has 2 N–H and O–H groups in total. The van der Waals surface area contributed by atoms with Crippen molar-refractivity contribution in [2.24, 2.45) is 0 Å². The van der Waals surface area contributed by atoms with Crippen molar-refractivity contribution in [1.82, 2.24) is 9.97 Å². The van der Waals surface area contributed by atoms with Crippen molar-refractivity contribution >= 4 is 5.97 Å². The van der Waals surface area contributed by atoms with Crippen molar-refractivity contribution in [2.75, 3.05) is 7.11 Å². The first-order valence-corrected chi connectivity index (χ1v) is 4.64. The van der Waals surface area contributed by atoms with Crippen LogP contribution >= 0.6 is 0 Å². The van der Waals surface area contributed by atoms with Crippen molar-refractivity contribution in [3.8, 4) is 11.4 Å². The summed E-state index contributed by atoms with van der Waals surface area (Å²) in [5.74, 6) is -0.342. The summed E-state index contributed by atoms with van der Waals surface area (Å²) in [5.41, 5.74) is 3.22. The molecule has 78 valence electrons. The fourth-order valence-electron chi connectivity index (χ4n) is 1.52. The van der Waals surface area contributed by atoms with Crippen LogP contribution in [0.25, 0.3) is 11.4 Å². The Morgan fingerprint density at radius 3 is 2.80 bits per heavy atom. The lowest BCUT2D eigenvalue weighted by Gasteiger charge is -1.96. The molecule has 15 heavy (non-hydrogen) atoms. The highest BCUT2D eigenvalue weighted by Crippen LogP contribution is 2.20. The summed E-state index contributed by atoms with van der Waals surface area (Å²) in [6, 6.07) is 5.76. The number of rotatable bonds is 2. The number of carbonyl (C=O) groups is 1. The SMILES string of the molecule is COC(=O)c1[nH]c(-c2ccc[nH]2)cc1C. The number of methoxy groups -OCH3 is 1. The second-order valence-electron chi connectivity index (χ2n) is 3.32. The maximum Gasteiger partial charge on any atom is 0.354 e. The Morgan fingerprint density at radius 1 is 1.40 bits per heavy atom. The molecule has 0 atom stereocenters. The molecular formula is C11H12N2O2. The smallest absolute Gasteiger partial charge is 0.354 e. The zero-order chi connectivity index (χ0) is 10.8. The zero-order valence-electron chi connectivity index (χ0n) is 8.63. The predicted molar refractivity (Wildman–Crippen MR) is 56.7 cm³/mol. The second kappa shape index (κ2) is 3.65. The third-order valence-corrected chi connectivity index (χ3v) is 2.29. The monoisotopic (exact) mass is 204 g/mol. The molecule has 0 aliphatic heterocycles. The van der Waals surface area contributed by atoms with E-state index < -0.39 is 0 Å². The van der Waals surface area contributed by atoms with Crippen LogP contribution in [0.3, 0.4) is 0 Å². The van der Waals surface area contributed by atoms with Gasteiger partial charge in [-0.3, -0.25) is 0 Å². The quantitative estimate of drug-likeness (QED) is 0.736. The first-order valence-electron chi connectivity index (χ1n) is 4.64. The molecule has 0 aromatic carbocycles. The van der Waals surface area contributed by atoms with E-state index in [4.69, 9.17) is 0 Å². The lowest BCUT2D eigenvalue weighted by Crippen LogP contribution is -2.03. The summed E-state index contributed by atoms with van der Waals surface area (Å²) >= 11 is 0. The van der Waals surface area contributed by atoms with Crippen molar-refractivity contribution in [1.29, 1.82) is 0 Å². The largest absolute Gasteiger partial charge is 0.464 e. The van der Waals surface area contributed by atoms with Gasteiger partial charge in [0.2, 0.25) is 0 Å². The van der Waals surface area contributed by atoms with Gasteiger partial charge in [0.15, 0.2) is 0 Å². The average Bonchev–Trinajstić information content (AvgIpc) is 2.84. The molecule has 0 aliphatic rings. The van der Waals surface area contributed by atoms with Crippen LogP contribution in [0.1, 0.15) is 16.1 Å². The molecule has 0 unspecified atom stereocenters. The first-order chi connectivity index (χ1) is 7.22. The number of aromatic nitrogens is 2. The van der Waals surface area contributed by atoms with E-state index in [1.165, 1.54) is 7.11 Å². The molecule has 0 spiro atoms. The molecule has 0 radical (unpaired) electrons. The van der Waals surface area contributed by atoms with Gasteiger partial charge >= 0.3 is 5.97 Å². The highest BCUT2D eigenvalue weighted by Gasteiger charge is 2.13. The Balaban J connectivity index is 2.41. The summed E-state index contributed by atoms with van der Waals surface area (Å²) in [4.78, 5) is 17.4. The van der Waals surface area contributed by atoms with Crippen LogP contribution in [0.5, 0.6) is 0 Å². The molecule has 0 amide bonds. The Labute approximate surface area is 87.3 Å². The van der Waals surface area contributed by atoms with Gasteiger partial charge in [-0.05, 0) is 30.7 Å². The molecule has 2 aromatic heterocycles. The van der Waals surface area contributed by atoms with Crippen LogP contribution in [0.4, 0.5) is 0 Å². The summed E-state index contributed by atoms with van der Waals surface area (Å²) in [6.07, 6.45) is 1.84. The summed E-state index contributed by atoms with van der Waals surface area (Å²) in [5, 5.41) is 0. The summed E-state index contributed by atoms with van der Waals surface area (Å²) < 4.78 is 4.67. The summed E-state index contributed by atoms with van der Waals surface area (Å²) in [6.45, 7) is 1.87. The first kappa shape index (κ1) is 9.58. The van der Waals surface area contributed by atoms with Gasteiger partial charge < -0.3 is 14.7 Å². The van der Waals surface area contributed by atoms with Gasteiger partial charge in [-0.15, -0.1) is 0 Å². The number of carbonyl (C=O) groups excluding carboxylic acids is 1. The van der Waals surface area contributed by atoms with Crippen LogP contribution in [-0.2, 0) is 4.74 Å². The van der Waals surface area contributed by atoms with E-state index in [-0.39, 0.29) is 5.97 Å². The Hall–Kier alpha value is -1.97. The fraction of sp³-hybridized carbons (Fsp3) is 0.182. The number of H-pyrrole nitrogens is 2. The molecule has 0 saturated carbocycles. The molecule has 0 saturated heterocycles. The normalized spacial score (nSPS) is 10.3. The molecule has 2 heterocycles. The van der Waals surface area contributed by atoms with E-state index in [0.717, 1.165) is 17.0 Å². The molecule has 2 aromatic rings.